The highest BCUT2D eigenvalue weighted by Crippen LogP contribution is 2.30. The Morgan fingerprint density at radius 1 is 1.44 bits per heavy atom. The molecule has 7 heteroatoms. The summed E-state index contributed by atoms with van der Waals surface area (Å²) in [5, 5.41) is 11.0. The molecule has 0 bridgehead atoms. The minimum atomic E-state index is -0.962. The zero-order valence-electron chi connectivity index (χ0n) is 10.6. The molecule has 0 aromatic carbocycles. The lowest BCUT2D eigenvalue weighted by molar-refractivity contribution is -0.150. The maximum Gasteiger partial charge on any atom is 0.317 e. The van der Waals surface area contributed by atoms with E-state index < -0.39 is 11.4 Å². The first-order chi connectivity index (χ1) is 8.39. The molecule has 0 saturated carbocycles. The standard InChI is InChI=1S/C11H18N2O5/c1-11(9(16)18-2)4-6-13(7-11)10(17)12-5-3-8(14)15/h3-7H2,1-2H3,(H,12,17)(H,14,15). The summed E-state index contributed by atoms with van der Waals surface area (Å²) >= 11 is 0. The molecule has 1 aliphatic rings. The summed E-state index contributed by atoms with van der Waals surface area (Å²) in [5.41, 5.74) is -0.668. The number of carboxylic acid groups (broad SMARTS) is 1. The highest BCUT2D eigenvalue weighted by molar-refractivity contribution is 5.80. The fraction of sp³-hybridized carbons (Fsp3) is 0.727. The topological polar surface area (TPSA) is 95.9 Å². The number of hydrogen-bond acceptors (Lipinski definition) is 4. The number of nitrogens with zero attached hydrogens (tertiary/aromatic N) is 1. The molecule has 1 fully saturated rings. The van der Waals surface area contributed by atoms with E-state index in [0.29, 0.717) is 19.5 Å². The number of carboxylic acids is 1. The fourth-order valence-corrected chi connectivity index (χ4v) is 1.94. The van der Waals surface area contributed by atoms with Crippen LogP contribution in [0.4, 0.5) is 4.79 Å². The van der Waals surface area contributed by atoms with Gasteiger partial charge in [-0.2, -0.15) is 0 Å². The van der Waals surface area contributed by atoms with E-state index in [1.165, 1.54) is 12.0 Å². The summed E-state index contributed by atoms with van der Waals surface area (Å²) < 4.78 is 4.70. The smallest absolute Gasteiger partial charge is 0.317 e. The first kappa shape index (κ1) is 14.3. The summed E-state index contributed by atoms with van der Waals surface area (Å²) in [6, 6.07) is -0.344. The van der Waals surface area contributed by atoms with Gasteiger partial charge in [0.05, 0.1) is 18.9 Å². The minimum Gasteiger partial charge on any atom is -0.481 e. The van der Waals surface area contributed by atoms with Crippen LogP contribution >= 0.6 is 0 Å². The second-order valence-corrected chi connectivity index (χ2v) is 4.60. The number of ether oxygens (including phenoxy) is 1. The van der Waals surface area contributed by atoms with Crippen molar-refractivity contribution in [2.75, 3.05) is 26.7 Å². The third kappa shape index (κ3) is 3.35. The van der Waals surface area contributed by atoms with Crippen LogP contribution in [-0.2, 0) is 14.3 Å². The van der Waals surface area contributed by atoms with Crippen molar-refractivity contribution < 1.29 is 24.2 Å². The molecule has 0 radical (unpaired) electrons. The number of urea groups is 1. The van der Waals surface area contributed by atoms with Crippen molar-refractivity contribution in [1.29, 1.82) is 0 Å². The number of carbonyl (C=O) groups excluding carboxylic acids is 2. The van der Waals surface area contributed by atoms with E-state index in [0.717, 1.165) is 0 Å². The number of rotatable bonds is 4. The number of aliphatic carboxylic acids is 1. The Kier molecular flexibility index (Phi) is 4.52. The number of hydrogen-bond donors (Lipinski definition) is 2. The molecule has 1 aliphatic heterocycles. The molecule has 2 amide bonds. The second kappa shape index (κ2) is 5.70. The van der Waals surface area contributed by atoms with Crippen LogP contribution < -0.4 is 5.32 Å². The number of methoxy groups -OCH3 is 1. The van der Waals surface area contributed by atoms with E-state index in [2.05, 4.69) is 5.32 Å². The number of amides is 2. The van der Waals surface area contributed by atoms with Crippen LogP contribution in [0, 0.1) is 5.41 Å². The van der Waals surface area contributed by atoms with E-state index in [1.54, 1.807) is 6.92 Å². The van der Waals surface area contributed by atoms with Crippen LogP contribution in [0.15, 0.2) is 0 Å². The van der Waals surface area contributed by atoms with Crippen molar-refractivity contribution in [3.05, 3.63) is 0 Å². The van der Waals surface area contributed by atoms with Gasteiger partial charge in [-0.15, -0.1) is 0 Å². The Bertz CT molecular complexity index is 357. The van der Waals surface area contributed by atoms with E-state index in [4.69, 9.17) is 9.84 Å². The van der Waals surface area contributed by atoms with Gasteiger partial charge in [0.2, 0.25) is 0 Å². The molecular formula is C11H18N2O5. The van der Waals surface area contributed by atoms with Gasteiger partial charge in [-0.25, -0.2) is 4.79 Å². The van der Waals surface area contributed by atoms with Crippen LogP contribution in [0.2, 0.25) is 0 Å². The van der Waals surface area contributed by atoms with Crippen molar-refractivity contribution in [3.8, 4) is 0 Å². The summed E-state index contributed by atoms with van der Waals surface area (Å²) in [6.45, 7) is 2.59. The van der Waals surface area contributed by atoms with Gasteiger partial charge >= 0.3 is 18.0 Å². The minimum absolute atomic E-state index is 0.0829. The molecule has 2 N–H and O–H groups in total. The summed E-state index contributed by atoms with van der Waals surface area (Å²) in [4.78, 5) is 35.1. The Morgan fingerprint density at radius 3 is 2.67 bits per heavy atom. The molecule has 1 saturated heterocycles. The quantitative estimate of drug-likeness (QED) is 0.695. The van der Waals surface area contributed by atoms with Crippen LogP contribution in [-0.4, -0.2) is 54.7 Å². The summed E-state index contributed by atoms with van der Waals surface area (Å²) in [5.74, 6) is -1.29. The number of nitrogens with one attached hydrogen (secondary N) is 1. The highest BCUT2D eigenvalue weighted by Gasteiger charge is 2.42. The lowest BCUT2D eigenvalue weighted by Gasteiger charge is -2.21. The number of esters is 1. The third-order valence-corrected chi connectivity index (χ3v) is 3.05. The molecule has 1 unspecified atom stereocenters. The molecule has 1 atom stereocenters. The molecule has 0 spiro atoms. The van der Waals surface area contributed by atoms with Gasteiger partial charge in [0.25, 0.3) is 0 Å². The van der Waals surface area contributed by atoms with Gasteiger partial charge in [-0.05, 0) is 13.3 Å². The van der Waals surface area contributed by atoms with Crippen LogP contribution in [0.1, 0.15) is 19.8 Å². The van der Waals surface area contributed by atoms with Crippen molar-refractivity contribution in [2.45, 2.75) is 19.8 Å². The van der Waals surface area contributed by atoms with E-state index in [1.807, 2.05) is 0 Å². The Hall–Kier alpha value is -1.79. The monoisotopic (exact) mass is 258 g/mol. The fourth-order valence-electron chi connectivity index (χ4n) is 1.94. The SMILES string of the molecule is COC(=O)C1(C)CCN(C(=O)NCCC(=O)O)C1. The Morgan fingerprint density at radius 2 is 2.11 bits per heavy atom. The predicted octanol–water partition coefficient (Wildman–Crippen LogP) is 0.0557. The first-order valence-electron chi connectivity index (χ1n) is 5.72. The maximum absolute atomic E-state index is 11.7. The van der Waals surface area contributed by atoms with Crippen molar-refractivity contribution in [2.24, 2.45) is 5.41 Å². The molecule has 1 rings (SSSR count). The Balaban J connectivity index is 2.44. The largest absolute Gasteiger partial charge is 0.481 e. The van der Waals surface area contributed by atoms with Gasteiger partial charge in [0, 0.05) is 19.6 Å². The lowest BCUT2D eigenvalue weighted by atomic mass is 9.90. The molecule has 18 heavy (non-hydrogen) atoms. The molecule has 0 aromatic rings. The molecule has 1 heterocycles. The third-order valence-electron chi connectivity index (χ3n) is 3.05. The molecule has 0 aromatic heterocycles. The van der Waals surface area contributed by atoms with Crippen LogP contribution in [0.3, 0.4) is 0 Å². The second-order valence-electron chi connectivity index (χ2n) is 4.60. The lowest BCUT2D eigenvalue weighted by Crippen LogP contribution is -2.41. The zero-order chi connectivity index (χ0) is 13.8. The van der Waals surface area contributed by atoms with E-state index >= 15 is 0 Å². The summed E-state index contributed by atoms with van der Waals surface area (Å²) in [6.07, 6.45) is 0.430. The molecule has 102 valence electrons. The van der Waals surface area contributed by atoms with Gasteiger partial charge < -0.3 is 20.1 Å². The maximum atomic E-state index is 11.7. The molecule has 7 nitrogen and oxygen atoms in total. The highest BCUT2D eigenvalue weighted by atomic mass is 16.5. The van der Waals surface area contributed by atoms with E-state index in [-0.39, 0.29) is 25.0 Å². The average Bonchev–Trinajstić information content (AvgIpc) is 2.71. The molecular weight excluding hydrogens is 240 g/mol. The average molecular weight is 258 g/mol. The predicted molar refractivity (Wildman–Crippen MR) is 62.0 cm³/mol. The summed E-state index contributed by atoms with van der Waals surface area (Å²) in [7, 11) is 1.32. The zero-order valence-corrected chi connectivity index (χ0v) is 10.6. The number of likely N-dealkylation sites (tertiary alicyclic amines) is 1. The van der Waals surface area contributed by atoms with Crippen molar-refractivity contribution in [1.82, 2.24) is 10.2 Å². The first-order valence-corrected chi connectivity index (χ1v) is 5.72. The molecule has 0 aliphatic carbocycles. The van der Waals surface area contributed by atoms with Gasteiger partial charge in [-0.1, -0.05) is 0 Å². The normalized spacial score (nSPS) is 22.7. The van der Waals surface area contributed by atoms with E-state index in [9.17, 15) is 14.4 Å². The van der Waals surface area contributed by atoms with Crippen LogP contribution in [0.5, 0.6) is 0 Å². The van der Waals surface area contributed by atoms with Crippen molar-refractivity contribution in [3.63, 3.8) is 0 Å². The van der Waals surface area contributed by atoms with Crippen molar-refractivity contribution >= 4 is 18.0 Å². The number of carbonyl (C=O) groups is 3. The Labute approximate surface area is 105 Å². The van der Waals surface area contributed by atoms with Gasteiger partial charge in [-0.3, -0.25) is 9.59 Å². The van der Waals surface area contributed by atoms with Crippen LogP contribution in [0.25, 0.3) is 0 Å². The van der Waals surface area contributed by atoms with Gasteiger partial charge in [0.1, 0.15) is 0 Å². The van der Waals surface area contributed by atoms with Gasteiger partial charge in [0.15, 0.2) is 0 Å².